The Labute approximate surface area is 165 Å². The van der Waals surface area contributed by atoms with Crippen molar-refractivity contribution in [3.05, 3.63) is 47.7 Å². The molecule has 0 aliphatic carbocycles. The number of oxazole rings is 1. The van der Waals surface area contributed by atoms with Crippen LogP contribution in [0.5, 0.6) is 0 Å². The highest BCUT2D eigenvalue weighted by molar-refractivity contribution is 14.0. The first-order valence-electron chi connectivity index (χ1n) is 7.82. The van der Waals surface area contributed by atoms with E-state index in [0.29, 0.717) is 12.4 Å². The summed E-state index contributed by atoms with van der Waals surface area (Å²) in [6.07, 6.45) is 0. The van der Waals surface area contributed by atoms with Crippen LogP contribution in [0.4, 0.5) is 0 Å². The molecular weight excluding hydrogens is 435 g/mol. The highest BCUT2D eigenvalue weighted by Crippen LogP contribution is 2.15. The van der Waals surface area contributed by atoms with Crippen LogP contribution in [0.3, 0.4) is 0 Å². The molecule has 0 bridgehead atoms. The largest absolute Gasteiger partial charge is 0.444 e. The Morgan fingerprint density at radius 1 is 1.21 bits per heavy atom. The van der Waals surface area contributed by atoms with E-state index in [1.807, 2.05) is 31.7 Å². The van der Waals surface area contributed by atoms with Gasteiger partial charge in [-0.25, -0.2) is 9.98 Å². The number of thioether (sulfide) groups is 1. The Morgan fingerprint density at radius 3 is 2.58 bits per heavy atom. The summed E-state index contributed by atoms with van der Waals surface area (Å²) in [7, 11) is 0. The topological polar surface area (TPSA) is 62.5 Å². The van der Waals surface area contributed by atoms with Crippen LogP contribution < -0.4 is 10.6 Å². The average Bonchev–Trinajstić information content (AvgIpc) is 2.88. The predicted octanol–water partition coefficient (Wildman–Crippen LogP) is 3.76. The van der Waals surface area contributed by atoms with Crippen LogP contribution in [0.1, 0.15) is 24.3 Å². The van der Waals surface area contributed by atoms with Crippen LogP contribution >= 0.6 is 35.7 Å². The third-order valence-electron chi connectivity index (χ3n) is 3.20. The van der Waals surface area contributed by atoms with Crippen LogP contribution in [-0.4, -0.2) is 29.8 Å². The van der Waals surface area contributed by atoms with Crippen molar-refractivity contribution in [1.82, 2.24) is 15.6 Å². The lowest BCUT2D eigenvalue weighted by atomic mass is 10.4. The van der Waals surface area contributed by atoms with Gasteiger partial charge in [0, 0.05) is 23.7 Å². The lowest BCUT2D eigenvalue weighted by Crippen LogP contribution is -2.38. The second-order valence-corrected chi connectivity index (χ2v) is 6.20. The third-order valence-corrected chi connectivity index (χ3v) is 4.21. The van der Waals surface area contributed by atoms with E-state index in [4.69, 9.17) is 4.42 Å². The predicted molar refractivity (Wildman–Crippen MR) is 111 cm³/mol. The molecule has 0 spiro atoms. The summed E-state index contributed by atoms with van der Waals surface area (Å²) in [5, 5.41) is 6.56. The van der Waals surface area contributed by atoms with Gasteiger partial charge in [-0.3, -0.25) is 0 Å². The number of hydrogen-bond acceptors (Lipinski definition) is 4. The van der Waals surface area contributed by atoms with Gasteiger partial charge in [-0.05, 0) is 32.9 Å². The van der Waals surface area contributed by atoms with Gasteiger partial charge < -0.3 is 15.1 Å². The maximum atomic E-state index is 5.55. The summed E-state index contributed by atoms with van der Waals surface area (Å²) in [5.74, 6) is 3.27. The fourth-order valence-electron chi connectivity index (χ4n) is 1.95. The molecule has 2 aromatic rings. The summed E-state index contributed by atoms with van der Waals surface area (Å²) in [4.78, 5) is 10.1. The molecule has 5 nitrogen and oxygen atoms in total. The highest BCUT2D eigenvalue weighted by Gasteiger charge is 2.05. The Hall–Kier alpha value is -1.22. The molecule has 7 heteroatoms. The monoisotopic (exact) mass is 460 g/mol. The van der Waals surface area contributed by atoms with Gasteiger partial charge in [-0.15, -0.1) is 35.7 Å². The molecule has 0 amide bonds. The summed E-state index contributed by atoms with van der Waals surface area (Å²) in [5.41, 5.74) is 0.924. The maximum Gasteiger partial charge on any atom is 0.216 e. The smallest absolute Gasteiger partial charge is 0.216 e. The van der Waals surface area contributed by atoms with E-state index in [1.54, 1.807) is 0 Å². The maximum absolute atomic E-state index is 5.55. The Morgan fingerprint density at radius 2 is 1.96 bits per heavy atom. The molecule has 132 valence electrons. The van der Waals surface area contributed by atoms with E-state index >= 15 is 0 Å². The minimum atomic E-state index is 0. The van der Waals surface area contributed by atoms with Crippen molar-refractivity contribution in [3.8, 4) is 0 Å². The number of nitrogens with one attached hydrogen (secondary N) is 2. The first-order chi connectivity index (χ1) is 11.2. The van der Waals surface area contributed by atoms with Crippen molar-refractivity contribution in [2.24, 2.45) is 4.99 Å². The molecule has 0 radical (unpaired) electrons. The van der Waals surface area contributed by atoms with E-state index in [1.165, 1.54) is 4.90 Å². The number of aliphatic imine (C=N–C) groups is 1. The van der Waals surface area contributed by atoms with Crippen molar-refractivity contribution < 1.29 is 4.42 Å². The van der Waals surface area contributed by atoms with Crippen molar-refractivity contribution in [3.63, 3.8) is 0 Å². The lowest BCUT2D eigenvalue weighted by Gasteiger charge is -2.10. The van der Waals surface area contributed by atoms with Gasteiger partial charge in [0.1, 0.15) is 12.3 Å². The van der Waals surface area contributed by atoms with Gasteiger partial charge >= 0.3 is 0 Å². The van der Waals surface area contributed by atoms with Crippen LogP contribution in [0.15, 0.2) is 44.6 Å². The Balaban J connectivity index is 0.00000288. The van der Waals surface area contributed by atoms with Gasteiger partial charge in [0.15, 0.2) is 5.96 Å². The van der Waals surface area contributed by atoms with Crippen molar-refractivity contribution in [2.75, 3.05) is 18.8 Å². The third kappa shape index (κ3) is 7.12. The van der Waals surface area contributed by atoms with Gasteiger partial charge in [0.2, 0.25) is 5.89 Å². The zero-order chi connectivity index (χ0) is 16.5. The molecule has 1 heterocycles. The first-order valence-corrected chi connectivity index (χ1v) is 8.80. The molecule has 2 N–H and O–H groups in total. The standard InChI is InChI=1S/C17H24N4OS.HI/c1-4-18-17(20-12-16-21-13(2)14(3)22-16)19-10-11-23-15-8-6-5-7-9-15;/h5-9H,4,10-12H2,1-3H3,(H2,18,19,20);1H. The zero-order valence-electron chi connectivity index (χ0n) is 14.3. The van der Waals surface area contributed by atoms with E-state index in [2.05, 4.69) is 51.8 Å². The summed E-state index contributed by atoms with van der Waals surface area (Å²) < 4.78 is 5.55. The average molecular weight is 460 g/mol. The number of hydrogen-bond donors (Lipinski definition) is 2. The van der Waals surface area contributed by atoms with E-state index in [0.717, 1.165) is 36.3 Å². The van der Waals surface area contributed by atoms with Gasteiger partial charge in [-0.2, -0.15) is 0 Å². The normalized spacial score (nSPS) is 11.0. The fraction of sp³-hybridized carbons (Fsp3) is 0.412. The molecular formula is C17H25IN4OS. The summed E-state index contributed by atoms with van der Waals surface area (Å²) >= 11 is 1.82. The number of guanidine groups is 1. The quantitative estimate of drug-likeness (QED) is 0.217. The van der Waals surface area contributed by atoms with E-state index < -0.39 is 0 Å². The number of benzene rings is 1. The van der Waals surface area contributed by atoms with E-state index in [9.17, 15) is 0 Å². The molecule has 0 atom stereocenters. The molecule has 2 rings (SSSR count). The van der Waals surface area contributed by atoms with Gasteiger partial charge in [-0.1, -0.05) is 18.2 Å². The summed E-state index contributed by atoms with van der Waals surface area (Å²) in [6.45, 7) is 8.01. The second kappa shape index (κ2) is 11.4. The van der Waals surface area contributed by atoms with Crippen molar-refractivity contribution in [2.45, 2.75) is 32.2 Å². The SMILES string of the molecule is CCNC(=NCc1nc(C)c(C)o1)NCCSc1ccccc1.I. The molecule has 1 aromatic heterocycles. The number of halogens is 1. The first kappa shape index (κ1) is 20.8. The van der Waals surface area contributed by atoms with E-state index in [-0.39, 0.29) is 24.0 Å². The lowest BCUT2D eigenvalue weighted by molar-refractivity contribution is 0.473. The summed E-state index contributed by atoms with van der Waals surface area (Å²) in [6, 6.07) is 10.4. The number of nitrogens with zero attached hydrogens (tertiary/aromatic N) is 2. The molecule has 0 aliphatic heterocycles. The molecule has 0 saturated carbocycles. The number of aromatic nitrogens is 1. The molecule has 0 aliphatic rings. The zero-order valence-corrected chi connectivity index (χ0v) is 17.5. The van der Waals surface area contributed by atoms with Crippen LogP contribution in [0.25, 0.3) is 0 Å². The van der Waals surface area contributed by atoms with Gasteiger partial charge in [0.05, 0.1) is 5.69 Å². The number of rotatable bonds is 7. The Kier molecular flexibility index (Phi) is 9.85. The van der Waals surface area contributed by atoms with Crippen LogP contribution in [0.2, 0.25) is 0 Å². The van der Waals surface area contributed by atoms with Crippen molar-refractivity contribution in [1.29, 1.82) is 0 Å². The number of aryl methyl sites for hydroxylation is 2. The molecule has 0 unspecified atom stereocenters. The molecule has 0 saturated heterocycles. The fourth-order valence-corrected chi connectivity index (χ4v) is 2.74. The van der Waals surface area contributed by atoms with Crippen LogP contribution in [-0.2, 0) is 6.54 Å². The molecule has 24 heavy (non-hydrogen) atoms. The Bertz CT molecular complexity index is 611. The van der Waals surface area contributed by atoms with Crippen LogP contribution in [0, 0.1) is 13.8 Å². The second-order valence-electron chi connectivity index (χ2n) is 5.03. The highest BCUT2D eigenvalue weighted by atomic mass is 127. The van der Waals surface area contributed by atoms with Crippen molar-refractivity contribution >= 4 is 41.7 Å². The minimum absolute atomic E-state index is 0. The molecule has 1 aromatic carbocycles. The minimum Gasteiger partial charge on any atom is -0.444 e. The molecule has 0 fully saturated rings. The van der Waals surface area contributed by atoms with Gasteiger partial charge in [0.25, 0.3) is 0 Å².